The van der Waals surface area contributed by atoms with Gasteiger partial charge in [-0.15, -0.1) is 11.3 Å². The van der Waals surface area contributed by atoms with Crippen LogP contribution in [0.15, 0.2) is 53.9 Å². The fourth-order valence-electron chi connectivity index (χ4n) is 3.27. The molecule has 4 rings (SSSR count). The minimum Gasteiger partial charge on any atom is -0.368 e. The summed E-state index contributed by atoms with van der Waals surface area (Å²) in [6, 6.07) is 12.7. The summed E-state index contributed by atoms with van der Waals surface area (Å²) < 4.78 is 26.4. The van der Waals surface area contributed by atoms with E-state index >= 15 is 0 Å². The van der Waals surface area contributed by atoms with E-state index in [2.05, 4.69) is 9.88 Å². The smallest absolute Gasteiger partial charge is 0.228 e. The predicted molar refractivity (Wildman–Crippen MR) is 106 cm³/mol. The number of halogens is 2. The molecule has 144 valence electrons. The van der Waals surface area contributed by atoms with Crippen molar-refractivity contribution in [2.75, 3.05) is 31.1 Å². The summed E-state index contributed by atoms with van der Waals surface area (Å²) in [6.07, 6.45) is 0.238. The number of piperazine rings is 1. The summed E-state index contributed by atoms with van der Waals surface area (Å²) in [5.74, 6) is -0.516. The van der Waals surface area contributed by atoms with Gasteiger partial charge in [0.15, 0.2) is 0 Å². The van der Waals surface area contributed by atoms with Crippen molar-refractivity contribution in [1.29, 1.82) is 0 Å². The first-order chi connectivity index (χ1) is 13.6. The van der Waals surface area contributed by atoms with Crippen LogP contribution in [-0.2, 0) is 11.2 Å². The van der Waals surface area contributed by atoms with Gasteiger partial charge < -0.3 is 9.80 Å². The average Bonchev–Trinajstić information content (AvgIpc) is 3.17. The van der Waals surface area contributed by atoms with Crippen molar-refractivity contribution >= 4 is 22.9 Å². The fourth-order valence-corrected chi connectivity index (χ4v) is 4.09. The Balaban J connectivity index is 1.34. The zero-order chi connectivity index (χ0) is 19.5. The van der Waals surface area contributed by atoms with E-state index in [0.717, 1.165) is 11.3 Å². The molecule has 0 radical (unpaired) electrons. The zero-order valence-corrected chi connectivity index (χ0v) is 16.0. The molecule has 1 fully saturated rings. The molecular weight excluding hydrogens is 380 g/mol. The molecule has 0 spiro atoms. The molecule has 1 aromatic heterocycles. The van der Waals surface area contributed by atoms with E-state index < -0.39 is 0 Å². The highest BCUT2D eigenvalue weighted by molar-refractivity contribution is 7.13. The molecule has 1 saturated heterocycles. The van der Waals surface area contributed by atoms with E-state index in [0.29, 0.717) is 36.9 Å². The maximum atomic E-state index is 13.4. The van der Waals surface area contributed by atoms with Crippen molar-refractivity contribution in [3.8, 4) is 10.6 Å². The van der Waals surface area contributed by atoms with Crippen molar-refractivity contribution in [2.45, 2.75) is 6.42 Å². The highest BCUT2D eigenvalue weighted by Gasteiger charge is 2.22. The van der Waals surface area contributed by atoms with Gasteiger partial charge >= 0.3 is 0 Å². The van der Waals surface area contributed by atoms with Crippen LogP contribution in [-0.4, -0.2) is 42.0 Å². The Morgan fingerprint density at radius 3 is 2.46 bits per heavy atom. The summed E-state index contributed by atoms with van der Waals surface area (Å²) in [5, 5.41) is 2.57. The van der Waals surface area contributed by atoms with Crippen molar-refractivity contribution in [3.63, 3.8) is 0 Å². The maximum absolute atomic E-state index is 13.4. The van der Waals surface area contributed by atoms with E-state index in [1.165, 1.54) is 35.6 Å². The lowest BCUT2D eigenvalue weighted by Crippen LogP contribution is -2.49. The standard InChI is InChI=1S/C21H19F2N3OS/c22-16-4-6-19(7-5-16)25-8-10-26(11-9-25)20(27)13-18-14-28-21(24-18)15-2-1-3-17(23)12-15/h1-7,12,14H,8-11,13H2. The number of carbonyl (C=O) groups is 1. The van der Waals surface area contributed by atoms with Gasteiger partial charge in [-0.3, -0.25) is 4.79 Å². The fraction of sp³-hybridized carbons (Fsp3) is 0.238. The highest BCUT2D eigenvalue weighted by atomic mass is 32.1. The third-order valence-electron chi connectivity index (χ3n) is 4.78. The zero-order valence-electron chi connectivity index (χ0n) is 15.1. The number of amides is 1. The van der Waals surface area contributed by atoms with Gasteiger partial charge in [-0.1, -0.05) is 12.1 Å². The minimum absolute atomic E-state index is 0.0369. The van der Waals surface area contributed by atoms with Gasteiger partial charge in [0, 0.05) is 42.8 Å². The van der Waals surface area contributed by atoms with Gasteiger partial charge in [-0.2, -0.15) is 0 Å². The summed E-state index contributed by atoms with van der Waals surface area (Å²) in [7, 11) is 0. The molecule has 2 aromatic carbocycles. The Bertz CT molecular complexity index is 966. The van der Waals surface area contributed by atoms with Crippen molar-refractivity contribution < 1.29 is 13.6 Å². The number of aromatic nitrogens is 1. The van der Waals surface area contributed by atoms with Gasteiger partial charge in [-0.25, -0.2) is 13.8 Å². The van der Waals surface area contributed by atoms with E-state index in [1.54, 1.807) is 18.2 Å². The SMILES string of the molecule is O=C(Cc1csc(-c2cccc(F)c2)n1)N1CCN(c2ccc(F)cc2)CC1. The van der Waals surface area contributed by atoms with Gasteiger partial charge in [0.25, 0.3) is 0 Å². The summed E-state index contributed by atoms with van der Waals surface area (Å²) >= 11 is 1.41. The van der Waals surface area contributed by atoms with Crippen LogP contribution in [0.4, 0.5) is 14.5 Å². The topological polar surface area (TPSA) is 36.4 Å². The highest BCUT2D eigenvalue weighted by Crippen LogP contribution is 2.25. The van der Waals surface area contributed by atoms with Crippen LogP contribution in [0.5, 0.6) is 0 Å². The number of benzene rings is 2. The molecule has 0 saturated carbocycles. The largest absolute Gasteiger partial charge is 0.368 e. The van der Waals surface area contributed by atoms with E-state index in [1.807, 2.05) is 16.3 Å². The van der Waals surface area contributed by atoms with Crippen molar-refractivity contribution in [1.82, 2.24) is 9.88 Å². The average molecular weight is 399 g/mol. The molecule has 3 aromatic rings. The number of rotatable bonds is 4. The summed E-state index contributed by atoms with van der Waals surface area (Å²) in [4.78, 5) is 21.1. The molecule has 0 aliphatic carbocycles. The van der Waals surface area contributed by atoms with E-state index in [4.69, 9.17) is 0 Å². The second-order valence-electron chi connectivity index (χ2n) is 6.68. The molecule has 0 unspecified atom stereocenters. The number of hydrogen-bond donors (Lipinski definition) is 0. The molecule has 1 aliphatic heterocycles. The Hall–Kier alpha value is -2.80. The second kappa shape index (κ2) is 8.06. The molecule has 2 heterocycles. The van der Waals surface area contributed by atoms with Crippen molar-refractivity contribution in [2.24, 2.45) is 0 Å². The Morgan fingerprint density at radius 2 is 1.75 bits per heavy atom. The molecule has 0 atom stereocenters. The van der Waals surface area contributed by atoms with Gasteiger partial charge in [0.2, 0.25) is 5.91 Å². The molecule has 1 amide bonds. The number of anilines is 1. The predicted octanol–water partition coefficient (Wildman–Crippen LogP) is 3.98. The Labute approximate surface area is 166 Å². The lowest BCUT2D eigenvalue weighted by Gasteiger charge is -2.36. The molecule has 28 heavy (non-hydrogen) atoms. The van der Waals surface area contributed by atoms with E-state index in [9.17, 15) is 13.6 Å². The van der Waals surface area contributed by atoms with Crippen LogP contribution in [0.1, 0.15) is 5.69 Å². The van der Waals surface area contributed by atoms with Crippen molar-refractivity contribution in [3.05, 3.63) is 71.2 Å². The molecule has 0 N–H and O–H groups in total. The minimum atomic E-state index is -0.302. The summed E-state index contributed by atoms with van der Waals surface area (Å²) in [6.45, 7) is 2.67. The van der Waals surface area contributed by atoms with Crippen LogP contribution in [0, 0.1) is 11.6 Å². The maximum Gasteiger partial charge on any atom is 0.228 e. The molecule has 1 aliphatic rings. The molecule has 0 bridgehead atoms. The van der Waals surface area contributed by atoms with Crippen LogP contribution >= 0.6 is 11.3 Å². The Kier molecular flexibility index (Phi) is 5.34. The number of thiazole rings is 1. The molecular formula is C21H19F2N3OS. The first-order valence-corrected chi connectivity index (χ1v) is 9.95. The number of hydrogen-bond acceptors (Lipinski definition) is 4. The van der Waals surface area contributed by atoms with Crippen LogP contribution in [0.25, 0.3) is 10.6 Å². The first kappa shape index (κ1) is 18.6. The van der Waals surface area contributed by atoms with Crippen LogP contribution in [0.3, 0.4) is 0 Å². The first-order valence-electron chi connectivity index (χ1n) is 9.07. The lowest BCUT2D eigenvalue weighted by molar-refractivity contribution is -0.130. The Morgan fingerprint density at radius 1 is 1.00 bits per heavy atom. The van der Waals surface area contributed by atoms with Gasteiger partial charge in [-0.05, 0) is 36.4 Å². The van der Waals surface area contributed by atoms with E-state index in [-0.39, 0.29) is 24.0 Å². The summed E-state index contributed by atoms with van der Waals surface area (Å²) in [5.41, 5.74) is 2.39. The normalized spacial score (nSPS) is 14.4. The van der Waals surface area contributed by atoms with Crippen LogP contribution in [0.2, 0.25) is 0 Å². The third-order valence-corrected chi connectivity index (χ3v) is 5.72. The lowest BCUT2D eigenvalue weighted by atomic mass is 10.2. The number of nitrogens with zero attached hydrogens (tertiary/aromatic N) is 3. The third kappa shape index (κ3) is 4.20. The quantitative estimate of drug-likeness (QED) is 0.666. The number of carbonyl (C=O) groups excluding carboxylic acids is 1. The molecule has 7 heteroatoms. The van der Waals surface area contributed by atoms with Crippen LogP contribution < -0.4 is 4.90 Å². The van der Waals surface area contributed by atoms with Gasteiger partial charge in [0.05, 0.1) is 12.1 Å². The monoisotopic (exact) mass is 399 g/mol. The van der Waals surface area contributed by atoms with Gasteiger partial charge in [0.1, 0.15) is 16.6 Å². The molecule has 4 nitrogen and oxygen atoms in total. The second-order valence-corrected chi connectivity index (χ2v) is 7.53.